The summed E-state index contributed by atoms with van der Waals surface area (Å²) in [6, 6.07) is 8.73. The number of nitrogens with one attached hydrogen (secondary N) is 1. The van der Waals surface area contributed by atoms with Crippen LogP contribution in [-0.2, 0) is 0 Å². The Hall–Kier alpha value is -1.02. The van der Waals surface area contributed by atoms with Crippen LogP contribution >= 0.6 is 0 Å². The van der Waals surface area contributed by atoms with Gasteiger partial charge in [0.25, 0.3) is 0 Å². The number of hydrogen-bond acceptors (Lipinski definition) is 2. The van der Waals surface area contributed by atoms with E-state index in [2.05, 4.69) is 48.6 Å². The van der Waals surface area contributed by atoms with Gasteiger partial charge in [-0.3, -0.25) is 0 Å². The largest absolute Gasteiger partial charge is 0.385 e. The summed E-state index contributed by atoms with van der Waals surface area (Å²) in [6.45, 7) is 2.26. The molecule has 1 aliphatic heterocycles. The van der Waals surface area contributed by atoms with Gasteiger partial charge < -0.3 is 10.2 Å². The van der Waals surface area contributed by atoms with Gasteiger partial charge in [-0.15, -0.1) is 0 Å². The number of benzene rings is 1. The number of anilines is 1. The van der Waals surface area contributed by atoms with Gasteiger partial charge in [0.15, 0.2) is 0 Å². The second-order valence-corrected chi connectivity index (χ2v) is 4.62. The number of fused-ring (bicyclic) bond motifs is 1. The first kappa shape index (κ1) is 10.5. The van der Waals surface area contributed by atoms with Crippen molar-refractivity contribution in [3.63, 3.8) is 0 Å². The summed E-state index contributed by atoms with van der Waals surface area (Å²) in [4.78, 5) is 2.28. The number of rotatable bonds is 2. The first-order valence-corrected chi connectivity index (χ1v) is 5.75. The van der Waals surface area contributed by atoms with E-state index in [1.54, 1.807) is 0 Å². The number of hydrogen-bond donors (Lipinski definition) is 1. The molecule has 0 spiro atoms. The van der Waals surface area contributed by atoms with Gasteiger partial charge >= 0.3 is 0 Å². The van der Waals surface area contributed by atoms with Crippen LogP contribution in [0.4, 0.5) is 5.69 Å². The summed E-state index contributed by atoms with van der Waals surface area (Å²) < 4.78 is 0. The van der Waals surface area contributed by atoms with Gasteiger partial charge in [0.2, 0.25) is 0 Å². The maximum Gasteiger partial charge on any atom is 0.0376 e. The topological polar surface area (TPSA) is 15.3 Å². The van der Waals surface area contributed by atoms with Crippen LogP contribution in [0.5, 0.6) is 0 Å². The molecule has 1 N–H and O–H groups in total. The summed E-state index contributed by atoms with van der Waals surface area (Å²) in [7, 11) is 4.31. The van der Waals surface area contributed by atoms with E-state index >= 15 is 0 Å². The molecule has 0 fully saturated rings. The fourth-order valence-corrected chi connectivity index (χ4v) is 2.37. The van der Waals surface area contributed by atoms with E-state index in [0.29, 0.717) is 5.92 Å². The molecule has 1 atom stereocenters. The Morgan fingerprint density at radius 1 is 1.33 bits per heavy atom. The van der Waals surface area contributed by atoms with E-state index in [1.807, 2.05) is 0 Å². The van der Waals surface area contributed by atoms with Crippen molar-refractivity contribution in [2.75, 3.05) is 32.5 Å². The van der Waals surface area contributed by atoms with E-state index in [-0.39, 0.29) is 0 Å². The molecule has 0 amide bonds. The Morgan fingerprint density at radius 2 is 2.13 bits per heavy atom. The minimum absolute atomic E-state index is 0.686. The van der Waals surface area contributed by atoms with E-state index in [1.165, 1.54) is 24.1 Å². The summed E-state index contributed by atoms with van der Waals surface area (Å²) in [6.07, 6.45) is 2.56. The summed E-state index contributed by atoms with van der Waals surface area (Å²) in [5, 5.41) is 3.51. The van der Waals surface area contributed by atoms with Gasteiger partial charge in [-0.25, -0.2) is 0 Å². The van der Waals surface area contributed by atoms with Crippen molar-refractivity contribution in [2.24, 2.45) is 0 Å². The molecule has 1 unspecified atom stereocenters. The highest BCUT2D eigenvalue weighted by Crippen LogP contribution is 2.31. The molecule has 1 aromatic rings. The molecule has 0 radical (unpaired) electrons. The lowest BCUT2D eigenvalue weighted by Gasteiger charge is -2.21. The van der Waals surface area contributed by atoms with Gasteiger partial charge in [0, 0.05) is 18.8 Å². The Bertz CT molecular complexity index is 320. The van der Waals surface area contributed by atoms with Crippen LogP contribution in [0.2, 0.25) is 0 Å². The van der Waals surface area contributed by atoms with Crippen LogP contribution < -0.4 is 5.32 Å². The van der Waals surface area contributed by atoms with Gasteiger partial charge in [-0.1, -0.05) is 18.2 Å². The molecular weight excluding hydrogens is 184 g/mol. The van der Waals surface area contributed by atoms with E-state index in [4.69, 9.17) is 0 Å². The van der Waals surface area contributed by atoms with Crippen molar-refractivity contribution in [1.82, 2.24) is 4.90 Å². The molecule has 0 aromatic heterocycles. The van der Waals surface area contributed by atoms with E-state index in [0.717, 1.165) is 13.1 Å². The molecule has 1 aromatic carbocycles. The lowest BCUT2D eigenvalue weighted by atomic mass is 9.94. The van der Waals surface area contributed by atoms with Crippen LogP contribution in [-0.4, -0.2) is 32.1 Å². The number of para-hydroxylation sites is 1. The van der Waals surface area contributed by atoms with E-state index in [9.17, 15) is 0 Å². The van der Waals surface area contributed by atoms with Crippen molar-refractivity contribution in [2.45, 2.75) is 18.8 Å². The molecule has 2 heteroatoms. The smallest absolute Gasteiger partial charge is 0.0376 e. The number of likely N-dealkylation sites (N-methyl/N-ethyl adjacent to an activating group) is 1. The van der Waals surface area contributed by atoms with Crippen LogP contribution in [0.3, 0.4) is 0 Å². The molecule has 0 bridgehead atoms. The number of nitrogens with zero attached hydrogens (tertiary/aromatic N) is 1. The third-order valence-corrected chi connectivity index (χ3v) is 3.03. The first-order valence-electron chi connectivity index (χ1n) is 5.75. The molecule has 2 nitrogen and oxygen atoms in total. The standard InChI is InChI=1S/C13H20N2/c1-15(2)10-11-6-5-9-14-13-8-4-3-7-12(11)13/h3-4,7-8,11,14H,5-6,9-10H2,1-2H3. The normalized spacial score (nSPS) is 20.6. The third-order valence-electron chi connectivity index (χ3n) is 3.03. The van der Waals surface area contributed by atoms with Crippen LogP contribution in [0.15, 0.2) is 24.3 Å². The van der Waals surface area contributed by atoms with Crippen molar-refractivity contribution >= 4 is 5.69 Å². The molecule has 0 aliphatic carbocycles. The molecule has 0 saturated carbocycles. The summed E-state index contributed by atoms with van der Waals surface area (Å²) in [5.41, 5.74) is 2.82. The fraction of sp³-hybridized carbons (Fsp3) is 0.538. The van der Waals surface area contributed by atoms with Gasteiger partial charge in [-0.05, 0) is 44.5 Å². The second kappa shape index (κ2) is 4.67. The van der Waals surface area contributed by atoms with Crippen LogP contribution in [0.25, 0.3) is 0 Å². The van der Waals surface area contributed by atoms with Gasteiger partial charge in [0.05, 0.1) is 0 Å². The zero-order chi connectivity index (χ0) is 10.7. The van der Waals surface area contributed by atoms with Crippen molar-refractivity contribution in [1.29, 1.82) is 0 Å². The molecule has 2 rings (SSSR count). The van der Waals surface area contributed by atoms with Gasteiger partial charge in [-0.2, -0.15) is 0 Å². The maximum atomic E-state index is 3.51. The van der Waals surface area contributed by atoms with Crippen molar-refractivity contribution in [3.05, 3.63) is 29.8 Å². The average Bonchev–Trinajstić information content (AvgIpc) is 2.41. The minimum atomic E-state index is 0.686. The molecular formula is C13H20N2. The summed E-state index contributed by atoms with van der Waals surface area (Å²) >= 11 is 0. The molecule has 0 saturated heterocycles. The SMILES string of the molecule is CN(C)CC1CCCNc2ccccc21. The van der Waals surface area contributed by atoms with E-state index < -0.39 is 0 Å². The minimum Gasteiger partial charge on any atom is -0.385 e. The highest BCUT2D eigenvalue weighted by Gasteiger charge is 2.18. The monoisotopic (exact) mass is 204 g/mol. The quantitative estimate of drug-likeness (QED) is 0.796. The third kappa shape index (κ3) is 2.51. The average molecular weight is 204 g/mol. The fourth-order valence-electron chi connectivity index (χ4n) is 2.37. The zero-order valence-electron chi connectivity index (χ0n) is 9.66. The first-order chi connectivity index (χ1) is 7.27. The Kier molecular flexibility index (Phi) is 3.27. The highest BCUT2D eigenvalue weighted by atomic mass is 15.1. The summed E-state index contributed by atoms with van der Waals surface area (Å²) in [5.74, 6) is 0.686. The molecule has 1 aliphatic rings. The van der Waals surface area contributed by atoms with Crippen LogP contribution in [0, 0.1) is 0 Å². The second-order valence-electron chi connectivity index (χ2n) is 4.62. The maximum absolute atomic E-state index is 3.51. The van der Waals surface area contributed by atoms with Crippen LogP contribution in [0.1, 0.15) is 24.3 Å². The Labute approximate surface area is 92.3 Å². The Balaban J connectivity index is 2.24. The lowest BCUT2D eigenvalue weighted by molar-refractivity contribution is 0.363. The molecule has 15 heavy (non-hydrogen) atoms. The molecule has 1 heterocycles. The van der Waals surface area contributed by atoms with Gasteiger partial charge in [0.1, 0.15) is 0 Å². The molecule has 82 valence electrons. The van der Waals surface area contributed by atoms with Crippen molar-refractivity contribution < 1.29 is 0 Å². The predicted octanol–water partition coefficient (Wildman–Crippen LogP) is 2.54. The highest BCUT2D eigenvalue weighted by molar-refractivity contribution is 5.53. The lowest BCUT2D eigenvalue weighted by Crippen LogP contribution is -2.20. The van der Waals surface area contributed by atoms with Crippen molar-refractivity contribution in [3.8, 4) is 0 Å². The Morgan fingerprint density at radius 3 is 2.93 bits per heavy atom. The zero-order valence-corrected chi connectivity index (χ0v) is 9.66. The predicted molar refractivity (Wildman–Crippen MR) is 65.5 cm³/mol.